The Kier molecular flexibility index (Phi) is 9.14. The fourth-order valence-corrected chi connectivity index (χ4v) is 4.58. The zero-order valence-electron chi connectivity index (χ0n) is 22.0. The average molecular weight is 508 g/mol. The van der Waals surface area contributed by atoms with Crippen LogP contribution in [0.3, 0.4) is 0 Å². The fourth-order valence-electron chi connectivity index (χ4n) is 4.58. The number of morpholine rings is 1. The van der Waals surface area contributed by atoms with Gasteiger partial charge in [-0.05, 0) is 49.2 Å². The molecule has 1 atom stereocenters. The van der Waals surface area contributed by atoms with Crippen molar-refractivity contribution in [3.8, 4) is 5.75 Å². The molecule has 9 nitrogen and oxygen atoms in total. The first kappa shape index (κ1) is 26.6. The van der Waals surface area contributed by atoms with Crippen molar-refractivity contribution in [1.29, 1.82) is 0 Å². The van der Waals surface area contributed by atoms with Gasteiger partial charge in [0.05, 0.1) is 32.1 Å². The van der Waals surface area contributed by atoms with Crippen molar-refractivity contribution in [2.24, 2.45) is 5.10 Å². The second kappa shape index (κ2) is 12.7. The summed E-state index contributed by atoms with van der Waals surface area (Å²) in [6.07, 6.45) is 0.593. The largest absolute Gasteiger partial charge is 0.497 e. The minimum absolute atomic E-state index is 0.0437. The van der Waals surface area contributed by atoms with Gasteiger partial charge in [-0.3, -0.25) is 9.69 Å². The van der Waals surface area contributed by atoms with Gasteiger partial charge in [0.2, 0.25) is 0 Å². The van der Waals surface area contributed by atoms with Crippen molar-refractivity contribution in [3.05, 3.63) is 65.2 Å². The molecule has 0 bridgehead atoms. The van der Waals surface area contributed by atoms with E-state index in [2.05, 4.69) is 10.2 Å². The van der Waals surface area contributed by atoms with Gasteiger partial charge in [-0.2, -0.15) is 5.10 Å². The van der Waals surface area contributed by atoms with Crippen molar-refractivity contribution in [3.63, 3.8) is 0 Å². The number of carbonyl (C=O) groups is 2. The van der Waals surface area contributed by atoms with Crippen LogP contribution in [0, 0.1) is 6.92 Å². The number of hydrogen-bond donors (Lipinski definition) is 1. The highest BCUT2D eigenvalue weighted by Crippen LogP contribution is 2.33. The molecule has 9 heteroatoms. The van der Waals surface area contributed by atoms with E-state index in [1.54, 1.807) is 17.0 Å². The van der Waals surface area contributed by atoms with Gasteiger partial charge in [-0.1, -0.05) is 29.8 Å². The molecule has 37 heavy (non-hydrogen) atoms. The van der Waals surface area contributed by atoms with Gasteiger partial charge in [-0.15, -0.1) is 0 Å². The average Bonchev–Trinajstić information content (AvgIpc) is 3.38. The molecule has 2 aromatic carbocycles. The van der Waals surface area contributed by atoms with Crippen LogP contribution < -0.4 is 10.1 Å². The summed E-state index contributed by atoms with van der Waals surface area (Å²) < 4.78 is 10.7. The highest BCUT2D eigenvalue weighted by atomic mass is 16.5. The van der Waals surface area contributed by atoms with Crippen LogP contribution in [-0.2, 0) is 9.53 Å². The molecule has 0 saturated carbocycles. The Balaban J connectivity index is 1.54. The number of nitrogens with one attached hydrogen (secondary N) is 1. The molecule has 2 aromatic rings. The van der Waals surface area contributed by atoms with Crippen molar-refractivity contribution >= 4 is 17.6 Å². The van der Waals surface area contributed by atoms with Crippen molar-refractivity contribution in [1.82, 2.24) is 20.1 Å². The highest BCUT2D eigenvalue weighted by molar-refractivity contribution is 6.03. The number of ether oxygens (including phenoxy) is 2. The van der Waals surface area contributed by atoms with Crippen LogP contribution in [0.5, 0.6) is 5.75 Å². The number of amides is 3. The first-order valence-corrected chi connectivity index (χ1v) is 12.9. The quantitative estimate of drug-likeness (QED) is 0.564. The maximum atomic E-state index is 13.7. The van der Waals surface area contributed by atoms with Gasteiger partial charge in [0.25, 0.3) is 5.91 Å². The molecule has 4 rings (SSSR count). The van der Waals surface area contributed by atoms with E-state index in [-0.39, 0.29) is 24.5 Å². The Morgan fingerprint density at radius 3 is 2.46 bits per heavy atom. The molecule has 0 aliphatic carbocycles. The van der Waals surface area contributed by atoms with E-state index in [1.807, 2.05) is 62.4 Å². The minimum atomic E-state index is -0.241. The van der Waals surface area contributed by atoms with Crippen LogP contribution in [0.15, 0.2) is 53.6 Å². The zero-order chi connectivity index (χ0) is 26.2. The molecule has 1 N–H and O–H groups in total. The maximum Gasteiger partial charge on any atom is 0.317 e. The second-order valence-electron chi connectivity index (χ2n) is 9.36. The van der Waals surface area contributed by atoms with Crippen LogP contribution in [-0.4, -0.2) is 92.1 Å². The molecule has 0 aromatic heterocycles. The lowest BCUT2D eigenvalue weighted by molar-refractivity contribution is -0.133. The van der Waals surface area contributed by atoms with Gasteiger partial charge in [-0.25, -0.2) is 9.80 Å². The van der Waals surface area contributed by atoms with Crippen LogP contribution in [0.4, 0.5) is 4.79 Å². The Bertz CT molecular complexity index is 1080. The van der Waals surface area contributed by atoms with Crippen molar-refractivity contribution < 1.29 is 19.1 Å². The van der Waals surface area contributed by atoms with Gasteiger partial charge in [0.15, 0.2) is 0 Å². The lowest BCUT2D eigenvalue weighted by Crippen LogP contribution is -2.49. The third-order valence-corrected chi connectivity index (χ3v) is 6.78. The summed E-state index contributed by atoms with van der Waals surface area (Å²) in [7, 11) is 1.63. The number of benzene rings is 2. The molecule has 0 radical (unpaired) electrons. The van der Waals surface area contributed by atoms with Crippen molar-refractivity contribution in [2.45, 2.75) is 26.3 Å². The van der Waals surface area contributed by atoms with E-state index in [1.165, 1.54) is 0 Å². The van der Waals surface area contributed by atoms with Crippen LogP contribution in [0.25, 0.3) is 0 Å². The molecule has 1 fully saturated rings. The monoisotopic (exact) mass is 507 g/mol. The third-order valence-electron chi connectivity index (χ3n) is 6.78. The Hall–Kier alpha value is -3.43. The zero-order valence-corrected chi connectivity index (χ0v) is 22.0. The number of rotatable bonds is 9. The van der Waals surface area contributed by atoms with Crippen molar-refractivity contribution in [2.75, 3.05) is 59.6 Å². The predicted octanol–water partition coefficient (Wildman–Crippen LogP) is 3.05. The summed E-state index contributed by atoms with van der Waals surface area (Å²) in [5.41, 5.74) is 3.95. The molecule has 1 saturated heterocycles. The van der Waals surface area contributed by atoms with Gasteiger partial charge >= 0.3 is 6.03 Å². The predicted molar refractivity (Wildman–Crippen MR) is 143 cm³/mol. The van der Waals surface area contributed by atoms with E-state index >= 15 is 0 Å². The van der Waals surface area contributed by atoms with Gasteiger partial charge in [0, 0.05) is 39.1 Å². The Morgan fingerprint density at radius 1 is 1.11 bits per heavy atom. The number of aryl methyl sites for hydroxylation is 1. The summed E-state index contributed by atoms with van der Waals surface area (Å²) >= 11 is 0. The number of hydrazone groups is 1. The molecule has 2 heterocycles. The SMILES string of the molecule is CCNC(=O)N(CCN1CCOCC1)CC(=O)N1N=C(c2ccc(OC)cc2)CC1c1ccc(C)cc1. The summed E-state index contributed by atoms with van der Waals surface area (Å²) in [4.78, 5) is 30.4. The summed E-state index contributed by atoms with van der Waals surface area (Å²) in [6, 6.07) is 15.4. The van der Waals surface area contributed by atoms with Crippen LogP contribution in [0.1, 0.15) is 36.1 Å². The third kappa shape index (κ3) is 6.87. The normalized spacial score (nSPS) is 17.9. The van der Waals surface area contributed by atoms with E-state index in [9.17, 15) is 9.59 Å². The van der Waals surface area contributed by atoms with E-state index in [0.717, 1.165) is 41.2 Å². The number of methoxy groups -OCH3 is 1. The van der Waals surface area contributed by atoms with E-state index < -0.39 is 0 Å². The smallest absolute Gasteiger partial charge is 0.317 e. The molecule has 2 aliphatic rings. The maximum absolute atomic E-state index is 13.7. The number of nitrogens with zero attached hydrogens (tertiary/aromatic N) is 4. The molecule has 3 amide bonds. The number of urea groups is 1. The lowest BCUT2D eigenvalue weighted by atomic mass is 9.97. The molecule has 2 aliphatic heterocycles. The lowest BCUT2D eigenvalue weighted by Gasteiger charge is -2.31. The summed E-state index contributed by atoms with van der Waals surface area (Å²) in [5, 5.41) is 9.19. The first-order chi connectivity index (χ1) is 18.0. The second-order valence-corrected chi connectivity index (χ2v) is 9.36. The van der Waals surface area contributed by atoms with Crippen LogP contribution in [0.2, 0.25) is 0 Å². The van der Waals surface area contributed by atoms with E-state index in [4.69, 9.17) is 14.6 Å². The van der Waals surface area contributed by atoms with E-state index in [0.29, 0.717) is 39.3 Å². The number of carbonyl (C=O) groups excluding carboxylic acids is 2. The molecule has 1 unspecified atom stereocenters. The Morgan fingerprint density at radius 2 is 1.81 bits per heavy atom. The highest BCUT2D eigenvalue weighted by Gasteiger charge is 2.34. The minimum Gasteiger partial charge on any atom is -0.497 e. The summed E-state index contributed by atoms with van der Waals surface area (Å²) in [6.45, 7) is 8.55. The van der Waals surface area contributed by atoms with Gasteiger partial charge < -0.3 is 19.7 Å². The molecule has 0 spiro atoms. The molecular formula is C28H37N5O4. The summed E-state index contributed by atoms with van der Waals surface area (Å²) in [5.74, 6) is 0.561. The molecular weight excluding hydrogens is 470 g/mol. The molecule has 198 valence electrons. The fraction of sp³-hybridized carbons (Fsp3) is 0.464. The van der Waals surface area contributed by atoms with Crippen LogP contribution >= 0.6 is 0 Å². The topological polar surface area (TPSA) is 86.7 Å². The first-order valence-electron chi connectivity index (χ1n) is 12.9. The standard InChI is InChI=1S/C28H37N5O4/c1-4-29-28(35)32(14-13-31-15-17-37-18-16-31)20-27(34)33-26(23-7-5-21(2)6-8-23)19-25(30-33)22-9-11-24(36-3)12-10-22/h5-12,26H,4,13-20H2,1-3H3,(H,29,35). The Labute approximate surface area is 219 Å². The van der Waals surface area contributed by atoms with Gasteiger partial charge in [0.1, 0.15) is 12.3 Å². The number of hydrogen-bond acceptors (Lipinski definition) is 6.